The van der Waals surface area contributed by atoms with E-state index in [1.54, 1.807) is 12.3 Å². The van der Waals surface area contributed by atoms with Gasteiger partial charge in [0.05, 0.1) is 11.9 Å². The highest BCUT2D eigenvalue weighted by molar-refractivity contribution is 6.31. The van der Waals surface area contributed by atoms with Gasteiger partial charge in [-0.15, -0.1) is 0 Å². The molecule has 200 valence electrons. The molecule has 0 spiro atoms. The lowest BCUT2D eigenvalue weighted by atomic mass is 9.97. The Hall–Kier alpha value is -3.94. The van der Waals surface area contributed by atoms with Crippen molar-refractivity contribution >= 4 is 34.7 Å². The van der Waals surface area contributed by atoms with Crippen molar-refractivity contribution in [1.29, 1.82) is 0 Å². The molecule has 0 radical (unpaired) electrons. The monoisotopic (exact) mass is 543 g/mol. The Morgan fingerprint density at radius 1 is 1.00 bits per heavy atom. The van der Waals surface area contributed by atoms with Crippen molar-refractivity contribution in [1.82, 2.24) is 9.88 Å². The first-order valence-electron chi connectivity index (χ1n) is 13.0. The van der Waals surface area contributed by atoms with Gasteiger partial charge in [-0.25, -0.2) is 9.37 Å². The summed E-state index contributed by atoms with van der Waals surface area (Å²) in [6.45, 7) is 6.17. The Labute approximate surface area is 233 Å². The largest absolute Gasteiger partial charge is 0.399 e. The molecule has 1 fully saturated rings. The Morgan fingerprint density at radius 3 is 2.56 bits per heavy atom. The first-order valence-corrected chi connectivity index (χ1v) is 13.4. The highest BCUT2D eigenvalue weighted by Gasteiger charge is 2.18. The summed E-state index contributed by atoms with van der Waals surface area (Å²) < 4.78 is 13.4. The quantitative estimate of drug-likeness (QED) is 0.275. The van der Waals surface area contributed by atoms with Gasteiger partial charge in [0.25, 0.3) is 5.91 Å². The fourth-order valence-corrected chi connectivity index (χ4v) is 5.06. The van der Waals surface area contributed by atoms with Crippen LogP contribution in [0.2, 0.25) is 5.02 Å². The summed E-state index contributed by atoms with van der Waals surface area (Å²) in [4.78, 5) is 22.2. The molecule has 1 saturated heterocycles. The van der Waals surface area contributed by atoms with Crippen LogP contribution in [0, 0.1) is 12.7 Å². The number of hydrogen-bond acceptors (Lipinski definition) is 5. The van der Waals surface area contributed by atoms with Gasteiger partial charge in [0.2, 0.25) is 0 Å². The van der Waals surface area contributed by atoms with E-state index in [0.717, 1.165) is 60.7 Å². The van der Waals surface area contributed by atoms with Gasteiger partial charge in [-0.2, -0.15) is 0 Å². The van der Waals surface area contributed by atoms with Crippen molar-refractivity contribution in [3.63, 3.8) is 0 Å². The minimum atomic E-state index is -0.321. The molecule has 0 bridgehead atoms. The maximum absolute atomic E-state index is 13.4. The Morgan fingerprint density at radius 2 is 1.82 bits per heavy atom. The number of hydrogen-bond donors (Lipinski definition) is 2. The van der Waals surface area contributed by atoms with Gasteiger partial charge < -0.3 is 16.0 Å². The minimum absolute atomic E-state index is 0.189. The van der Waals surface area contributed by atoms with Gasteiger partial charge in [-0.05, 0) is 84.1 Å². The Bertz CT molecular complexity index is 1460. The van der Waals surface area contributed by atoms with Gasteiger partial charge in [-0.3, -0.25) is 9.69 Å². The predicted molar refractivity (Wildman–Crippen MR) is 157 cm³/mol. The number of halogens is 2. The van der Waals surface area contributed by atoms with Gasteiger partial charge in [0, 0.05) is 49.0 Å². The van der Waals surface area contributed by atoms with Gasteiger partial charge in [0.1, 0.15) is 11.6 Å². The molecule has 1 aromatic heterocycles. The average molecular weight is 544 g/mol. The summed E-state index contributed by atoms with van der Waals surface area (Å²) in [5, 5.41) is 3.42. The molecule has 5 rings (SSSR count). The Balaban J connectivity index is 1.20. The third kappa shape index (κ3) is 6.56. The number of carbonyl (C=O) groups is 1. The first kappa shape index (κ1) is 26.7. The van der Waals surface area contributed by atoms with Crippen LogP contribution in [0.4, 0.5) is 21.6 Å². The summed E-state index contributed by atoms with van der Waals surface area (Å²) in [7, 11) is 0. The van der Waals surface area contributed by atoms with Crippen molar-refractivity contribution < 1.29 is 9.18 Å². The average Bonchev–Trinajstić information content (AvgIpc) is 3.17. The third-order valence-corrected chi connectivity index (χ3v) is 7.40. The van der Waals surface area contributed by atoms with E-state index in [1.807, 2.05) is 61.5 Å². The van der Waals surface area contributed by atoms with Crippen LogP contribution in [0.5, 0.6) is 0 Å². The molecule has 1 aliphatic heterocycles. The SMILES string of the molecule is Cc1ccc(C(=O)Nc2ccc(N3CCCN(Cc4ccc(F)cc4Cl)CC3)nc2)cc1-c1ccc(N)cc1. The van der Waals surface area contributed by atoms with Crippen molar-refractivity contribution in [3.05, 3.63) is 107 Å². The van der Waals surface area contributed by atoms with E-state index >= 15 is 0 Å². The van der Waals surface area contributed by atoms with Crippen LogP contribution < -0.4 is 16.0 Å². The van der Waals surface area contributed by atoms with E-state index in [4.69, 9.17) is 17.3 Å². The summed E-state index contributed by atoms with van der Waals surface area (Å²) >= 11 is 6.23. The Kier molecular flexibility index (Phi) is 8.10. The molecule has 1 amide bonds. The number of nitrogens with zero attached hydrogens (tertiary/aromatic N) is 3. The number of aryl methyl sites for hydroxylation is 1. The van der Waals surface area contributed by atoms with Crippen molar-refractivity contribution in [2.24, 2.45) is 0 Å². The second-order valence-corrected chi connectivity index (χ2v) is 10.3. The number of carbonyl (C=O) groups excluding carboxylic acids is 1. The molecular formula is C31H31ClFN5O. The molecule has 0 aliphatic carbocycles. The van der Waals surface area contributed by atoms with Gasteiger partial charge >= 0.3 is 0 Å². The minimum Gasteiger partial charge on any atom is -0.399 e. The molecule has 1 aliphatic rings. The second kappa shape index (κ2) is 11.8. The summed E-state index contributed by atoms with van der Waals surface area (Å²) in [5.41, 5.74) is 11.8. The molecule has 39 heavy (non-hydrogen) atoms. The maximum Gasteiger partial charge on any atom is 0.255 e. The smallest absolute Gasteiger partial charge is 0.255 e. The number of amides is 1. The van der Waals surface area contributed by atoms with E-state index in [-0.39, 0.29) is 11.7 Å². The van der Waals surface area contributed by atoms with Gasteiger partial charge in [0.15, 0.2) is 0 Å². The zero-order chi connectivity index (χ0) is 27.4. The lowest BCUT2D eigenvalue weighted by molar-refractivity contribution is 0.102. The summed E-state index contributed by atoms with van der Waals surface area (Å²) in [6, 6.07) is 21.7. The van der Waals surface area contributed by atoms with Crippen LogP contribution in [0.15, 0.2) is 79.0 Å². The molecule has 0 unspecified atom stereocenters. The fraction of sp³-hybridized carbons (Fsp3) is 0.226. The van der Waals surface area contributed by atoms with Crippen LogP contribution in [0.1, 0.15) is 27.9 Å². The number of nitrogens with two attached hydrogens (primary N) is 1. The van der Waals surface area contributed by atoms with E-state index in [2.05, 4.69) is 20.1 Å². The molecular weight excluding hydrogens is 513 g/mol. The zero-order valence-electron chi connectivity index (χ0n) is 21.8. The standard InChI is InChI=1S/C31H31ClFN5O/c1-21-3-4-23(17-28(21)22-6-9-26(34)10-7-22)31(39)36-27-11-12-30(35-19-27)38-14-2-13-37(15-16-38)20-24-5-8-25(33)18-29(24)32/h3-12,17-19H,2,13-16,20,34H2,1H3,(H,36,39). The molecule has 3 aromatic carbocycles. The normalized spacial score (nSPS) is 14.2. The van der Waals surface area contributed by atoms with Crippen LogP contribution in [-0.4, -0.2) is 42.0 Å². The summed E-state index contributed by atoms with van der Waals surface area (Å²) in [6.07, 6.45) is 2.67. The topological polar surface area (TPSA) is 74.5 Å². The van der Waals surface area contributed by atoms with Crippen molar-refractivity contribution in [2.75, 3.05) is 42.1 Å². The molecule has 0 saturated carbocycles. The molecule has 0 atom stereocenters. The number of nitrogen functional groups attached to an aromatic ring is 1. The van der Waals surface area contributed by atoms with Crippen LogP contribution in [-0.2, 0) is 6.54 Å². The number of rotatable bonds is 6. The van der Waals surface area contributed by atoms with Crippen LogP contribution in [0.25, 0.3) is 11.1 Å². The van der Waals surface area contributed by atoms with Crippen LogP contribution >= 0.6 is 11.6 Å². The number of aromatic nitrogens is 1. The van der Waals surface area contributed by atoms with E-state index < -0.39 is 0 Å². The number of nitrogens with one attached hydrogen (secondary N) is 1. The maximum atomic E-state index is 13.4. The summed E-state index contributed by atoms with van der Waals surface area (Å²) in [5.74, 6) is 0.361. The molecule has 3 N–H and O–H groups in total. The number of benzene rings is 3. The van der Waals surface area contributed by atoms with E-state index in [9.17, 15) is 9.18 Å². The van der Waals surface area contributed by atoms with Crippen molar-refractivity contribution in [3.8, 4) is 11.1 Å². The number of anilines is 3. The zero-order valence-corrected chi connectivity index (χ0v) is 22.6. The highest BCUT2D eigenvalue weighted by Crippen LogP contribution is 2.26. The predicted octanol–water partition coefficient (Wildman–Crippen LogP) is 6.40. The van der Waals surface area contributed by atoms with E-state index in [1.165, 1.54) is 12.1 Å². The number of pyridine rings is 1. The lowest BCUT2D eigenvalue weighted by Crippen LogP contribution is -2.31. The second-order valence-electron chi connectivity index (χ2n) is 9.86. The molecule has 6 nitrogen and oxygen atoms in total. The van der Waals surface area contributed by atoms with Gasteiger partial charge in [-0.1, -0.05) is 35.9 Å². The highest BCUT2D eigenvalue weighted by atomic mass is 35.5. The molecule has 4 aromatic rings. The lowest BCUT2D eigenvalue weighted by Gasteiger charge is -2.23. The molecule has 8 heteroatoms. The van der Waals surface area contributed by atoms with E-state index in [0.29, 0.717) is 28.5 Å². The fourth-order valence-electron chi connectivity index (χ4n) is 4.84. The first-order chi connectivity index (χ1) is 18.9. The van der Waals surface area contributed by atoms with Crippen LogP contribution in [0.3, 0.4) is 0 Å². The third-order valence-electron chi connectivity index (χ3n) is 7.05. The molecule has 2 heterocycles. The van der Waals surface area contributed by atoms with Crippen molar-refractivity contribution in [2.45, 2.75) is 19.9 Å².